The van der Waals surface area contributed by atoms with E-state index in [9.17, 15) is 4.79 Å². The molecule has 7 nitrogen and oxygen atoms in total. The summed E-state index contributed by atoms with van der Waals surface area (Å²) in [5.74, 6) is 0.770. The number of aryl methyl sites for hydroxylation is 2. The third kappa shape index (κ3) is 4.97. The Hall–Kier alpha value is -3.52. The maximum atomic E-state index is 12.4. The van der Waals surface area contributed by atoms with Crippen LogP contribution in [0.3, 0.4) is 0 Å². The van der Waals surface area contributed by atoms with Gasteiger partial charge in [-0.3, -0.25) is 19.3 Å². The number of hydrogen-bond acceptors (Lipinski definition) is 6. The highest BCUT2D eigenvalue weighted by Crippen LogP contribution is 2.29. The van der Waals surface area contributed by atoms with Crippen molar-refractivity contribution in [2.45, 2.75) is 25.5 Å². The molecule has 0 spiro atoms. The third-order valence-corrected chi connectivity index (χ3v) is 5.57. The number of nitrogens with zero attached hydrogens (tertiary/aromatic N) is 5. The van der Waals surface area contributed by atoms with Crippen molar-refractivity contribution in [1.82, 2.24) is 30.0 Å². The van der Waals surface area contributed by atoms with E-state index < -0.39 is 0 Å². The van der Waals surface area contributed by atoms with Gasteiger partial charge in [-0.1, -0.05) is 41.6 Å². The lowest BCUT2D eigenvalue weighted by molar-refractivity contribution is -0.118. The fourth-order valence-corrected chi connectivity index (χ4v) is 3.95. The molecule has 1 amide bonds. The van der Waals surface area contributed by atoms with Crippen LogP contribution in [0, 0.1) is 13.8 Å². The van der Waals surface area contributed by atoms with Gasteiger partial charge in [0, 0.05) is 12.4 Å². The first-order valence-electron chi connectivity index (χ1n) is 9.85. The molecule has 0 radical (unpaired) electrons. The van der Waals surface area contributed by atoms with Crippen LogP contribution in [0.25, 0.3) is 17.2 Å². The van der Waals surface area contributed by atoms with Crippen LogP contribution in [0.2, 0.25) is 0 Å². The van der Waals surface area contributed by atoms with Crippen LogP contribution in [0.1, 0.15) is 16.8 Å². The van der Waals surface area contributed by atoms with Crippen LogP contribution in [0.4, 0.5) is 0 Å². The molecule has 0 aliphatic carbocycles. The van der Waals surface area contributed by atoms with Gasteiger partial charge in [-0.2, -0.15) is 0 Å². The highest BCUT2D eigenvalue weighted by atomic mass is 32.2. The van der Waals surface area contributed by atoms with E-state index in [0.29, 0.717) is 17.5 Å². The lowest BCUT2D eigenvalue weighted by Gasteiger charge is -2.13. The number of hydrogen-bond donors (Lipinski definition) is 1. The molecule has 0 fully saturated rings. The summed E-state index contributed by atoms with van der Waals surface area (Å²) in [6.45, 7) is 4.51. The second kappa shape index (κ2) is 9.53. The van der Waals surface area contributed by atoms with Gasteiger partial charge < -0.3 is 5.32 Å². The van der Waals surface area contributed by atoms with E-state index in [-0.39, 0.29) is 11.7 Å². The molecule has 1 N–H and O–H groups in total. The Morgan fingerprint density at radius 1 is 1.00 bits per heavy atom. The van der Waals surface area contributed by atoms with Crippen molar-refractivity contribution >= 4 is 17.7 Å². The van der Waals surface area contributed by atoms with Crippen LogP contribution < -0.4 is 5.32 Å². The molecule has 31 heavy (non-hydrogen) atoms. The first kappa shape index (κ1) is 20.7. The molecule has 0 aliphatic heterocycles. The van der Waals surface area contributed by atoms with E-state index in [0.717, 1.165) is 22.6 Å². The third-order valence-electron chi connectivity index (χ3n) is 4.65. The molecule has 4 aromatic rings. The van der Waals surface area contributed by atoms with Crippen molar-refractivity contribution in [1.29, 1.82) is 0 Å². The molecule has 0 saturated carbocycles. The lowest BCUT2D eigenvalue weighted by atomic mass is 10.1. The smallest absolute Gasteiger partial charge is 0.230 e. The Balaban J connectivity index is 1.57. The van der Waals surface area contributed by atoms with E-state index >= 15 is 0 Å². The minimum absolute atomic E-state index is 0.0924. The molecule has 156 valence electrons. The average Bonchev–Trinajstić information content (AvgIpc) is 3.21. The number of amides is 1. The molecular weight excluding hydrogens is 408 g/mol. The van der Waals surface area contributed by atoms with Crippen LogP contribution >= 0.6 is 11.8 Å². The van der Waals surface area contributed by atoms with Crippen LogP contribution in [-0.2, 0) is 11.3 Å². The number of carbonyl (C=O) groups is 1. The predicted molar refractivity (Wildman–Crippen MR) is 121 cm³/mol. The zero-order chi connectivity index (χ0) is 21.6. The van der Waals surface area contributed by atoms with E-state index in [1.165, 1.54) is 17.3 Å². The number of thioether (sulfide) groups is 1. The van der Waals surface area contributed by atoms with Crippen LogP contribution in [0.15, 0.2) is 72.1 Å². The van der Waals surface area contributed by atoms with Crippen molar-refractivity contribution < 1.29 is 4.79 Å². The number of carbonyl (C=O) groups excluding carboxylic acids is 1. The van der Waals surface area contributed by atoms with E-state index in [1.54, 1.807) is 12.4 Å². The summed E-state index contributed by atoms with van der Waals surface area (Å²) in [6.07, 6.45) is 3.44. The summed E-state index contributed by atoms with van der Waals surface area (Å²) in [4.78, 5) is 21.1. The van der Waals surface area contributed by atoms with Crippen molar-refractivity contribution in [3.05, 3.63) is 83.8 Å². The first-order chi connectivity index (χ1) is 15.1. The SMILES string of the molecule is Cc1ccc(-n2c(SCC(=O)NCc3ccccn3)nnc2-c2ccccn2)c(C)c1. The molecule has 3 heterocycles. The highest BCUT2D eigenvalue weighted by molar-refractivity contribution is 7.99. The maximum Gasteiger partial charge on any atom is 0.230 e. The maximum absolute atomic E-state index is 12.4. The van der Waals surface area contributed by atoms with Gasteiger partial charge >= 0.3 is 0 Å². The van der Waals surface area contributed by atoms with Gasteiger partial charge in [0.05, 0.1) is 23.7 Å². The highest BCUT2D eigenvalue weighted by Gasteiger charge is 2.19. The Morgan fingerprint density at radius 2 is 1.81 bits per heavy atom. The second-order valence-corrected chi connectivity index (χ2v) is 7.98. The van der Waals surface area contributed by atoms with Crippen molar-refractivity contribution in [2.24, 2.45) is 0 Å². The van der Waals surface area contributed by atoms with Gasteiger partial charge in [0.1, 0.15) is 5.69 Å². The Morgan fingerprint density at radius 3 is 2.52 bits per heavy atom. The molecule has 0 atom stereocenters. The van der Waals surface area contributed by atoms with Gasteiger partial charge in [-0.05, 0) is 49.7 Å². The average molecular weight is 431 g/mol. The Bertz CT molecular complexity index is 1180. The summed E-state index contributed by atoms with van der Waals surface area (Å²) in [5.41, 5.74) is 4.78. The fourth-order valence-electron chi connectivity index (χ4n) is 3.17. The molecule has 4 rings (SSSR count). The van der Waals surface area contributed by atoms with E-state index in [1.807, 2.05) is 47.0 Å². The van der Waals surface area contributed by atoms with Gasteiger partial charge in [0.2, 0.25) is 5.91 Å². The van der Waals surface area contributed by atoms with Crippen LogP contribution in [0.5, 0.6) is 0 Å². The molecular formula is C23H22N6OS. The molecule has 1 aromatic carbocycles. The molecule has 0 bridgehead atoms. The molecule has 3 aromatic heterocycles. The Labute approximate surface area is 185 Å². The van der Waals surface area contributed by atoms with Crippen molar-refractivity contribution in [2.75, 3.05) is 5.75 Å². The van der Waals surface area contributed by atoms with Crippen molar-refractivity contribution in [3.63, 3.8) is 0 Å². The van der Waals surface area contributed by atoms with Crippen molar-refractivity contribution in [3.8, 4) is 17.2 Å². The number of pyridine rings is 2. The van der Waals surface area contributed by atoms with Crippen LogP contribution in [-0.4, -0.2) is 36.4 Å². The number of rotatable bonds is 7. The zero-order valence-corrected chi connectivity index (χ0v) is 18.1. The zero-order valence-electron chi connectivity index (χ0n) is 17.3. The largest absolute Gasteiger partial charge is 0.350 e. The summed E-state index contributed by atoms with van der Waals surface area (Å²) in [5, 5.41) is 12.3. The summed E-state index contributed by atoms with van der Waals surface area (Å²) in [7, 11) is 0. The van der Waals surface area contributed by atoms with Gasteiger partial charge in [0.15, 0.2) is 11.0 Å². The standard InChI is InChI=1S/C23H22N6OS/c1-16-9-10-20(17(2)13-16)29-22(19-8-4-6-12-25-19)27-28-23(29)31-15-21(30)26-14-18-7-3-5-11-24-18/h3-13H,14-15H2,1-2H3,(H,26,30). The summed E-state index contributed by atoms with van der Waals surface area (Å²) in [6, 6.07) is 17.5. The monoisotopic (exact) mass is 430 g/mol. The molecule has 0 unspecified atom stereocenters. The van der Waals surface area contributed by atoms with Gasteiger partial charge in [-0.15, -0.1) is 10.2 Å². The molecule has 8 heteroatoms. The first-order valence-corrected chi connectivity index (χ1v) is 10.8. The van der Waals surface area contributed by atoms with E-state index in [2.05, 4.69) is 51.5 Å². The fraction of sp³-hybridized carbons (Fsp3) is 0.174. The predicted octanol–water partition coefficient (Wildman–Crippen LogP) is 3.75. The lowest BCUT2D eigenvalue weighted by Crippen LogP contribution is -2.25. The number of aromatic nitrogens is 5. The normalized spacial score (nSPS) is 10.8. The molecule has 0 aliphatic rings. The number of nitrogens with one attached hydrogen (secondary N) is 1. The minimum Gasteiger partial charge on any atom is -0.350 e. The minimum atomic E-state index is -0.0924. The summed E-state index contributed by atoms with van der Waals surface area (Å²) < 4.78 is 1.97. The number of benzene rings is 1. The Kier molecular flexibility index (Phi) is 6.37. The summed E-state index contributed by atoms with van der Waals surface area (Å²) >= 11 is 1.34. The van der Waals surface area contributed by atoms with Gasteiger partial charge in [0.25, 0.3) is 0 Å². The van der Waals surface area contributed by atoms with E-state index in [4.69, 9.17) is 0 Å². The second-order valence-electron chi connectivity index (χ2n) is 7.03. The van der Waals surface area contributed by atoms with Gasteiger partial charge in [-0.25, -0.2) is 0 Å². The topological polar surface area (TPSA) is 85.6 Å². The molecule has 0 saturated heterocycles. The quantitative estimate of drug-likeness (QED) is 0.450.